The number of nitrogens with zero attached hydrogens (tertiary/aromatic N) is 2. The molecule has 0 saturated heterocycles. The molecule has 28 heavy (non-hydrogen) atoms. The number of hydrogen-bond acceptors (Lipinski definition) is 5. The zero-order chi connectivity index (χ0) is 20.1. The van der Waals surface area contributed by atoms with Crippen LogP contribution in [0.25, 0.3) is 10.2 Å². The number of rotatable bonds is 6. The Labute approximate surface area is 167 Å². The van der Waals surface area contributed by atoms with Gasteiger partial charge in [0.05, 0.1) is 34.7 Å². The molecule has 0 unspecified atom stereocenters. The van der Waals surface area contributed by atoms with Crippen LogP contribution in [0.4, 0.5) is 0 Å². The molecule has 0 aliphatic rings. The van der Waals surface area contributed by atoms with E-state index in [2.05, 4.69) is 10.9 Å². The largest absolute Gasteiger partial charge is 0.493 e. The first kappa shape index (κ1) is 19.9. The van der Waals surface area contributed by atoms with Gasteiger partial charge in [-0.2, -0.15) is 4.99 Å². The Morgan fingerprint density at radius 3 is 2.68 bits per heavy atom. The predicted molar refractivity (Wildman–Crippen MR) is 109 cm³/mol. The molecule has 2 aromatic carbocycles. The summed E-state index contributed by atoms with van der Waals surface area (Å²) in [5.74, 6) is 2.89. The number of para-hydroxylation sites is 1. The second-order valence-electron chi connectivity index (χ2n) is 5.99. The van der Waals surface area contributed by atoms with Crippen molar-refractivity contribution in [3.8, 4) is 18.1 Å². The minimum atomic E-state index is -3.33. The van der Waals surface area contributed by atoms with Crippen LogP contribution >= 0.6 is 11.3 Å². The van der Waals surface area contributed by atoms with E-state index in [9.17, 15) is 13.2 Å². The van der Waals surface area contributed by atoms with Gasteiger partial charge in [-0.15, -0.1) is 6.42 Å². The topological polar surface area (TPSA) is 77.7 Å². The SMILES string of the molecule is C#CCn1c(=NC(=O)CCOc2ccccc2)sc2cc(S(C)(=O)=O)ccc21. The summed E-state index contributed by atoms with van der Waals surface area (Å²) in [4.78, 5) is 17.1. The molecule has 1 amide bonds. The number of amides is 1. The average Bonchev–Trinajstić information content (AvgIpc) is 2.99. The van der Waals surface area contributed by atoms with Crippen molar-refractivity contribution in [2.45, 2.75) is 17.9 Å². The summed E-state index contributed by atoms with van der Waals surface area (Å²) in [6, 6.07) is 14.0. The Bertz CT molecular complexity index is 1220. The molecule has 0 bridgehead atoms. The van der Waals surface area contributed by atoms with Crippen molar-refractivity contribution in [1.29, 1.82) is 0 Å². The third-order valence-electron chi connectivity index (χ3n) is 3.88. The molecule has 0 aliphatic heterocycles. The van der Waals surface area contributed by atoms with E-state index in [1.54, 1.807) is 16.7 Å². The summed E-state index contributed by atoms with van der Waals surface area (Å²) in [7, 11) is -3.33. The number of thiazole rings is 1. The van der Waals surface area contributed by atoms with Crippen molar-refractivity contribution < 1.29 is 17.9 Å². The lowest BCUT2D eigenvalue weighted by Crippen LogP contribution is -2.17. The first-order valence-electron chi connectivity index (χ1n) is 8.41. The maximum absolute atomic E-state index is 12.3. The zero-order valence-electron chi connectivity index (χ0n) is 15.2. The maximum atomic E-state index is 12.3. The Balaban J connectivity index is 1.86. The fourth-order valence-corrected chi connectivity index (χ4v) is 4.36. The van der Waals surface area contributed by atoms with Gasteiger partial charge in [-0.3, -0.25) is 4.79 Å². The van der Waals surface area contributed by atoms with Gasteiger partial charge in [-0.1, -0.05) is 35.5 Å². The van der Waals surface area contributed by atoms with Crippen LogP contribution in [0.1, 0.15) is 6.42 Å². The summed E-state index contributed by atoms with van der Waals surface area (Å²) in [5, 5.41) is 0. The number of carbonyl (C=O) groups excluding carboxylic acids is 1. The quantitative estimate of drug-likeness (QED) is 0.581. The normalized spacial score (nSPS) is 12.1. The van der Waals surface area contributed by atoms with Crippen LogP contribution in [0, 0.1) is 12.3 Å². The molecule has 0 saturated carbocycles. The van der Waals surface area contributed by atoms with Gasteiger partial charge < -0.3 is 9.30 Å². The predicted octanol–water partition coefficient (Wildman–Crippen LogP) is 2.64. The molecule has 0 fully saturated rings. The van der Waals surface area contributed by atoms with Crippen LogP contribution in [-0.4, -0.2) is 31.8 Å². The third-order valence-corrected chi connectivity index (χ3v) is 6.03. The standard InChI is InChI=1S/C20H18N2O4S2/c1-3-12-22-17-10-9-16(28(2,24)25)14-18(17)27-20(22)21-19(23)11-13-26-15-7-5-4-6-8-15/h1,4-10,14H,11-13H2,2H3. The lowest BCUT2D eigenvalue weighted by Gasteiger charge is -2.03. The number of benzene rings is 2. The molecule has 0 spiro atoms. The summed E-state index contributed by atoms with van der Waals surface area (Å²) in [6.07, 6.45) is 6.72. The van der Waals surface area contributed by atoms with Crippen molar-refractivity contribution in [2.24, 2.45) is 4.99 Å². The summed E-state index contributed by atoms with van der Waals surface area (Å²) >= 11 is 1.23. The fourth-order valence-electron chi connectivity index (χ4n) is 2.55. The van der Waals surface area contributed by atoms with Crippen LogP contribution in [-0.2, 0) is 21.2 Å². The molecule has 1 aromatic heterocycles. The molecule has 144 valence electrons. The highest BCUT2D eigenvalue weighted by Gasteiger charge is 2.12. The molecule has 3 aromatic rings. The molecule has 6 nitrogen and oxygen atoms in total. The summed E-state index contributed by atoms with van der Waals surface area (Å²) < 4.78 is 31.5. The second-order valence-corrected chi connectivity index (χ2v) is 9.02. The van der Waals surface area contributed by atoms with Gasteiger partial charge in [0.25, 0.3) is 5.91 Å². The summed E-state index contributed by atoms with van der Waals surface area (Å²) in [5.41, 5.74) is 0.738. The maximum Gasteiger partial charge on any atom is 0.251 e. The zero-order valence-corrected chi connectivity index (χ0v) is 16.8. The molecule has 3 rings (SSSR count). The monoisotopic (exact) mass is 414 g/mol. The Morgan fingerprint density at radius 1 is 1.25 bits per heavy atom. The molecule has 1 heterocycles. The fraction of sp³-hybridized carbons (Fsp3) is 0.200. The highest BCUT2D eigenvalue weighted by Crippen LogP contribution is 2.22. The number of ether oxygens (including phenoxy) is 1. The number of carbonyl (C=O) groups is 1. The van der Waals surface area contributed by atoms with Crippen molar-refractivity contribution >= 4 is 37.3 Å². The molecule has 0 aliphatic carbocycles. The third kappa shape index (κ3) is 4.68. The van der Waals surface area contributed by atoms with Crippen LogP contribution < -0.4 is 9.54 Å². The number of fused-ring (bicyclic) bond motifs is 1. The molecule has 0 N–H and O–H groups in total. The van der Waals surface area contributed by atoms with E-state index < -0.39 is 9.84 Å². The van der Waals surface area contributed by atoms with Crippen LogP contribution in [0.3, 0.4) is 0 Å². The van der Waals surface area contributed by atoms with Crippen molar-refractivity contribution in [3.05, 3.63) is 53.3 Å². The molecular formula is C20H18N2O4S2. The van der Waals surface area contributed by atoms with E-state index in [1.807, 2.05) is 30.3 Å². The Kier molecular flexibility index (Phi) is 5.97. The molecule has 0 atom stereocenters. The number of sulfone groups is 1. The Hall–Kier alpha value is -2.89. The number of hydrogen-bond donors (Lipinski definition) is 0. The van der Waals surface area contributed by atoms with Crippen molar-refractivity contribution in [2.75, 3.05) is 12.9 Å². The van der Waals surface area contributed by atoms with Gasteiger partial charge in [-0.25, -0.2) is 8.42 Å². The van der Waals surface area contributed by atoms with Crippen LogP contribution in [0.2, 0.25) is 0 Å². The first-order chi connectivity index (χ1) is 13.4. The minimum Gasteiger partial charge on any atom is -0.493 e. The number of terminal acetylenes is 1. The van der Waals surface area contributed by atoms with E-state index in [1.165, 1.54) is 17.4 Å². The van der Waals surface area contributed by atoms with Gasteiger partial charge in [0.1, 0.15) is 5.75 Å². The smallest absolute Gasteiger partial charge is 0.251 e. The summed E-state index contributed by atoms with van der Waals surface area (Å²) in [6.45, 7) is 0.440. The van der Waals surface area contributed by atoms with E-state index in [0.29, 0.717) is 15.3 Å². The van der Waals surface area contributed by atoms with E-state index in [-0.39, 0.29) is 30.4 Å². The first-order valence-corrected chi connectivity index (χ1v) is 11.1. The lowest BCUT2D eigenvalue weighted by molar-refractivity contribution is -0.118. The van der Waals surface area contributed by atoms with Gasteiger partial charge in [-0.05, 0) is 30.3 Å². The highest BCUT2D eigenvalue weighted by molar-refractivity contribution is 7.90. The number of aromatic nitrogens is 1. The van der Waals surface area contributed by atoms with E-state index >= 15 is 0 Å². The molecule has 8 heteroatoms. The van der Waals surface area contributed by atoms with Gasteiger partial charge in [0, 0.05) is 6.26 Å². The molecule has 0 radical (unpaired) electrons. The van der Waals surface area contributed by atoms with Crippen molar-refractivity contribution in [3.63, 3.8) is 0 Å². The average molecular weight is 415 g/mol. The molecular weight excluding hydrogens is 396 g/mol. The van der Waals surface area contributed by atoms with Crippen LogP contribution in [0.5, 0.6) is 5.75 Å². The van der Waals surface area contributed by atoms with Gasteiger partial charge >= 0.3 is 0 Å². The second kappa shape index (κ2) is 8.42. The van der Waals surface area contributed by atoms with Crippen molar-refractivity contribution in [1.82, 2.24) is 4.57 Å². The van der Waals surface area contributed by atoms with E-state index in [0.717, 1.165) is 11.8 Å². The van der Waals surface area contributed by atoms with Gasteiger partial charge in [0.2, 0.25) is 0 Å². The van der Waals surface area contributed by atoms with E-state index in [4.69, 9.17) is 11.2 Å². The minimum absolute atomic E-state index is 0.119. The lowest BCUT2D eigenvalue weighted by atomic mass is 10.3. The van der Waals surface area contributed by atoms with Crippen LogP contribution in [0.15, 0.2) is 58.4 Å². The highest BCUT2D eigenvalue weighted by atomic mass is 32.2. The van der Waals surface area contributed by atoms with Gasteiger partial charge in [0.15, 0.2) is 14.6 Å². The Morgan fingerprint density at radius 2 is 2.00 bits per heavy atom.